The van der Waals surface area contributed by atoms with Crippen molar-refractivity contribution in [3.05, 3.63) is 0 Å². The van der Waals surface area contributed by atoms with Crippen molar-refractivity contribution in [1.82, 2.24) is 0 Å². The van der Waals surface area contributed by atoms with Crippen LogP contribution < -0.4 is 0 Å². The maximum Gasteiger partial charge on any atom is 0.269 e. The van der Waals surface area contributed by atoms with Crippen LogP contribution in [0.4, 0.5) is 0 Å². The molecule has 2 N–H and O–H groups in total. The van der Waals surface area contributed by atoms with Crippen LogP contribution in [0.2, 0.25) is 0 Å². The van der Waals surface area contributed by atoms with E-state index in [0.29, 0.717) is 6.42 Å². The van der Waals surface area contributed by atoms with Crippen LogP contribution in [0, 0.1) is 0 Å². The molecular formula is C12H26O6S2. The molecule has 8 heteroatoms. The van der Waals surface area contributed by atoms with Crippen LogP contribution in [0.3, 0.4) is 0 Å². The number of hydrogen-bond acceptors (Lipinski definition) is 4. The molecule has 0 aromatic rings. The highest BCUT2D eigenvalue weighted by Crippen LogP contribution is 2.22. The lowest BCUT2D eigenvalue weighted by atomic mass is 10.1. The first kappa shape index (κ1) is 19.8. The maximum absolute atomic E-state index is 11.3. The average molecular weight is 330 g/mol. The zero-order valence-electron chi connectivity index (χ0n) is 12.2. The molecule has 0 aromatic heterocycles. The normalized spacial score (nSPS) is 16.0. The van der Waals surface area contributed by atoms with Crippen LogP contribution in [0.25, 0.3) is 0 Å². The minimum atomic E-state index is -4.50. The Morgan fingerprint density at radius 2 is 1.20 bits per heavy atom. The van der Waals surface area contributed by atoms with Gasteiger partial charge >= 0.3 is 0 Å². The molecule has 0 aliphatic heterocycles. The van der Waals surface area contributed by atoms with E-state index in [1.165, 1.54) is 6.92 Å². The van der Waals surface area contributed by atoms with E-state index in [1.807, 2.05) is 0 Å². The molecule has 122 valence electrons. The molecule has 20 heavy (non-hydrogen) atoms. The van der Waals surface area contributed by atoms with E-state index in [4.69, 9.17) is 4.55 Å². The van der Waals surface area contributed by atoms with Gasteiger partial charge in [-0.2, -0.15) is 16.8 Å². The molecule has 0 aromatic carbocycles. The molecule has 0 saturated carbocycles. The van der Waals surface area contributed by atoms with Gasteiger partial charge in [0.25, 0.3) is 20.2 Å². The van der Waals surface area contributed by atoms with Crippen molar-refractivity contribution in [3.63, 3.8) is 0 Å². The zero-order valence-corrected chi connectivity index (χ0v) is 13.8. The quantitative estimate of drug-likeness (QED) is 0.445. The summed E-state index contributed by atoms with van der Waals surface area (Å²) in [5.41, 5.74) is 0. The van der Waals surface area contributed by atoms with Gasteiger partial charge in [-0.15, -0.1) is 0 Å². The van der Waals surface area contributed by atoms with Gasteiger partial charge in [-0.3, -0.25) is 9.11 Å². The van der Waals surface area contributed by atoms with Crippen molar-refractivity contribution in [2.24, 2.45) is 0 Å². The first-order valence-electron chi connectivity index (χ1n) is 7.07. The Labute approximate surface area is 122 Å². The van der Waals surface area contributed by atoms with Crippen molar-refractivity contribution in [3.8, 4) is 0 Å². The average Bonchev–Trinajstić information content (AvgIpc) is 2.29. The van der Waals surface area contributed by atoms with Crippen molar-refractivity contribution in [2.45, 2.75) is 75.7 Å². The van der Waals surface area contributed by atoms with E-state index in [1.54, 1.807) is 0 Å². The smallest absolute Gasteiger partial charge is 0.269 e. The van der Waals surface area contributed by atoms with E-state index in [0.717, 1.165) is 32.1 Å². The first-order chi connectivity index (χ1) is 9.14. The molecule has 0 fully saturated rings. The Bertz CT molecular complexity index is 454. The highest BCUT2D eigenvalue weighted by Gasteiger charge is 2.38. The molecule has 0 saturated heterocycles. The third kappa shape index (κ3) is 7.56. The summed E-state index contributed by atoms with van der Waals surface area (Å²) in [5, 5.41) is -2.91. The van der Waals surface area contributed by atoms with Gasteiger partial charge in [-0.1, -0.05) is 52.4 Å². The molecule has 0 bridgehead atoms. The molecule has 2 unspecified atom stereocenters. The molecule has 0 amide bonds. The Kier molecular flexibility index (Phi) is 8.88. The second-order valence-electron chi connectivity index (χ2n) is 5.07. The van der Waals surface area contributed by atoms with E-state index in [2.05, 4.69) is 6.92 Å². The second-order valence-corrected chi connectivity index (χ2v) is 8.34. The fourth-order valence-electron chi connectivity index (χ4n) is 2.32. The fourth-order valence-corrected chi connectivity index (χ4v) is 5.14. The van der Waals surface area contributed by atoms with E-state index < -0.39 is 30.7 Å². The van der Waals surface area contributed by atoms with Gasteiger partial charge < -0.3 is 0 Å². The third-order valence-corrected chi connectivity index (χ3v) is 6.35. The van der Waals surface area contributed by atoms with E-state index >= 15 is 0 Å². The highest BCUT2D eigenvalue weighted by atomic mass is 32.2. The lowest BCUT2D eigenvalue weighted by Gasteiger charge is -2.21. The predicted molar refractivity (Wildman–Crippen MR) is 79.0 cm³/mol. The molecule has 0 aliphatic rings. The van der Waals surface area contributed by atoms with Crippen LogP contribution in [0.5, 0.6) is 0 Å². The third-order valence-electron chi connectivity index (χ3n) is 3.42. The maximum atomic E-state index is 11.3. The number of rotatable bonds is 11. The predicted octanol–water partition coefficient (Wildman–Crippen LogP) is 2.66. The summed E-state index contributed by atoms with van der Waals surface area (Å²) in [7, 11) is -8.98. The topological polar surface area (TPSA) is 109 Å². The Morgan fingerprint density at radius 3 is 1.60 bits per heavy atom. The fraction of sp³-hybridized carbons (Fsp3) is 1.00. The number of unbranched alkanes of at least 4 members (excludes halogenated alkanes) is 5. The van der Waals surface area contributed by atoms with Crippen LogP contribution in [-0.4, -0.2) is 36.4 Å². The van der Waals surface area contributed by atoms with E-state index in [9.17, 15) is 21.4 Å². The van der Waals surface area contributed by atoms with Gasteiger partial charge in [-0.25, -0.2) is 0 Å². The standard InChI is InChI=1S/C12H26O6S2/c1-3-5-6-7-8-9-10-12(20(16,17)18)11(4-2)19(13,14)15/h11-12H,3-10H2,1-2H3,(H,13,14,15)(H,16,17,18). The lowest BCUT2D eigenvalue weighted by Crippen LogP contribution is -2.39. The molecule has 0 rings (SSSR count). The van der Waals surface area contributed by atoms with Crippen molar-refractivity contribution < 1.29 is 25.9 Å². The molecule has 0 aliphatic carbocycles. The minimum absolute atomic E-state index is 0.0449. The molecular weight excluding hydrogens is 304 g/mol. The van der Waals surface area contributed by atoms with Gasteiger partial charge in [0.1, 0.15) is 10.5 Å². The molecule has 2 atom stereocenters. The Hall–Kier alpha value is -0.180. The zero-order chi connectivity index (χ0) is 15.8. The molecule has 0 spiro atoms. The summed E-state index contributed by atoms with van der Waals surface area (Å²) < 4.78 is 63.3. The molecule has 0 radical (unpaired) electrons. The van der Waals surface area contributed by atoms with Gasteiger partial charge in [0, 0.05) is 0 Å². The highest BCUT2D eigenvalue weighted by molar-refractivity contribution is 7.90. The Morgan fingerprint density at radius 1 is 0.750 bits per heavy atom. The molecule has 0 heterocycles. The first-order valence-corrected chi connectivity index (χ1v) is 10.1. The minimum Gasteiger partial charge on any atom is -0.285 e. The summed E-state index contributed by atoms with van der Waals surface area (Å²) in [6.07, 6.45) is 5.52. The van der Waals surface area contributed by atoms with Crippen LogP contribution in [0.1, 0.15) is 65.2 Å². The largest absolute Gasteiger partial charge is 0.285 e. The van der Waals surface area contributed by atoms with Crippen molar-refractivity contribution in [2.75, 3.05) is 0 Å². The monoisotopic (exact) mass is 330 g/mol. The summed E-state index contributed by atoms with van der Waals surface area (Å²) in [6.45, 7) is 3.56. The van der Waals surface area contributed by atoms with Crippen molar-refractivity contribution in [1.29, 1.82) is 0 Å². The van der Waals surface area contributed by atoms with Crippen LogP contribution >= 0.6 is 0 Å². The van der Waals surface area contributed by atoms with Crippen LogP contribution in [-0.2, 0) is 20.2 Å². The van der Waals surface area contributed by atoms with Gasteiger partial charge in [-0.05, 0) is 12.8 Å². The lowest BCUT2D eigenvalue weighted by molar-refractivity contribution is 0.424. The molecule has 6 nitrogen and oxygen atoms in total. The summed E-state index contributed by atoms with van der Waals surface area (Å²) >= 11 is 0. The van der Waals surface area contributed by atoms with Crippen molar-refractivity contribution >= 4 is 20.2 Å². The summed E-state index contributed by atoms with van der Waals surface area (Å²) in [6, 6.07) is 0. The Balaban J connectivity index is 4.61. The summed E-state index contributed by atoms with van der Waals surface area (Å²) in [5.74, 6) is 0. The van der Waals surface area contributed by atoms with E-state index in [-0.39, 0.29) is 12.8 Å². The second kappa shape index (κ2) is 8.96. The summed E-state index contributed by atoms with van der Waals surface area (Å²) in [4.78, 5) is 0. The van der Waals surface area contributed by atoms with Gasteiger partial charge in [0.15, 0.2) is 0 Å². The number of hydrogen-bond donors (Lipinski definition) is 2. The van der Waals surface area contributed by atoms with Gasteiger partial charge in [0.2, 0.25) is 0 Å². The van der Waals surface area contributed by atoms with Gasteiger partial charge in [0.05, 0.1) is 0 Å². The SMILES string of the molecule is CCCCCCCCC(C(CC)S(=O)(=O)O)S(=O)(=O)O. The van der Waals surface area contributed by atoms with Crippen LogP contribution in [0.15, 0.2) is 0 Å².